The summed E-state index contributed by atoms with van der Waals surface area (Å²) in [5.74, 6) is -2.55. The van der Waals surface area contributed by atoms with Crippen molar-refractivity contribution in [1.29, 1.82) is 0 Å². The van der Waals surface area contributed by atoms with Gasteiger partial charge in [0.25, 0.3) is 5.91 Å². The van der Waals surface area contributed by atoms with E-state index in [1.807, 2.05) is 43.4 Å². The van der Waals surface area contributed by atoms with Crippen LogP contribution >= 0.6 is 0 Å². The number of aromatic nitrogens is 6. The third kappa shape index (κ3) is 5.90. The van der Waals surface area contributed by atoms with Gasteiger partial charge in [0, 0.05) is 32.3 Å². The van der Waals surface area contributed by atoms with Crippen LogP contribution in [0.5, 0.6) is 0 Å². The quantitative estimate of drug-likeness (QED) is 0.125. The number of carbonyl (C=O) groups excluding carboxylic acids is 1. The SMILES string of the molecule is CCNC(=O)[C@H]1O[C@@](N)(On2cnc3c(NCC(c4ccccc4)c4ccccc4)ncnc32)[C@@](O)(CCc2cn(C)cn2)[C@@H]1O. The molecule has 240 valence electrons. The molecule has 1 fully saturated rings. The predicted octanol–water partition coefficient (Wildman–Crippen LogP) is 1.10. The molecule has 0 spiro atoms. The van der Waals surface area contributed by atoms with E-state index in [1.54, 1.807) is 24.0 Å². The number of carbonyl (C=O) groups is 1. The average Bonchev–Trinajstić information content (AvgIpc) is 3.73. The number of hydrogen-bond donors (Lipinski definition) is 5. The second-order valence-corrected chi connectivity index (χ2v) is 11.3. The van der Waals surface area contributed by atoms with Crippen molar-refractivity contribution >= 4 is 22.9 Å². The number of hydrogen-bond acceptors (Lipinski definition) is 11. The standard InChI is InChI=1S/C32H37N9O5/c1-3-34-30(43)26-27(42)31(44,15-14-23-17-40(2)19-38-23)32(33,45-26)46-41-20-39-25-28(36-18-37-29(25)41)35-16-24(21-10-6-4-7-11-21)22-12-8-5-9-13-22/h4-13,17-20,24,26-27,42,44H,3,14-16,33H2,1-2H3,(H,34,43)(H,35,36,37)/t26-,27+,31+,32+/m0/s1. The molecule has 4 heterocycles. The van der Waals surface area contributed by atoms with Crippen LogP contribution in [0.25, 0.3) is 11.2 Å². The lowest BCUT2D eigenvalue weighted by Crippen LogP contribution is -2.67. The Kier molecular flexibility index (Phi) is 8.69. The van der Waals surface area contributed by atoms with Crippen LogP contribution in [0.4, 0.5) is 5.82 Å². The summed E-state index contributed by atoms with van der Waals surface area (Å²) in [4.78, 5) is 36.4. The highest BCUT2D eigenvalue weighted by atomic mass is 16.8. The van der Waals surface area contributed by atoms with Crippen LogP contribution in [0, 0.1) is 0 Å². The molecule has 1 amide bonds. The Balaban J connectivity index is 1.28. The van der Waals surface area contributed by atoms with E-state index in [4.69, 9.17) is 15.3 Å². The Hall–Kier alpha value is -4.89. The second-order valence-electron chi connectivity index (χ2n) is 11.3. The molecule has 1 saturated heterocycles. The van der Waals surface area contributed by atoms with Gasteiger partial charge in [-0.15, -0.1) is 4.73 Å². The summed E-state index contributed by atoms with van der Waals surface area (Å²) in [5.41, 5.74) is 7.89. The molecule has 14 heteroatoms. The van der Waals surface area contributed by atoms with Gasteiger partial charge in [-0.05, 0) is 30.9 Å². The molecule has 0 radical (unpaired) electrons. The van der Waals surface area contributed by atoms with Gasteiger partial charge >= 0.3 is 5.91 Å². The lowest BCUT2D eigenvalue weighted by atomic mass is 9.86. The van der Waals surface area contributed by atoms with Crippen LogP contribution in [-0.4, -0.2) is 82.2 Å². The Labute approximate surface area is 265 Å². The Bertz CT molecular complexity index is 1740. The second kappa shape index (κ2) is 12.8. The van der Waals surface area contributed by atoms with E-state index in [0.29, 0.717) is 23.6 Å². The van der Waals surface area contributed by atoms with Gasteiger partial charge in [-0.1, -0.05) is 60.7 Å². The van der Waals surface area contributed by atoms with E-state index in [2.05, 4.69) is 54.8 Å². The minimum atomic E-state index is -2.38. The number of likely N-dealkylation sites (N-methyl/N-ethyl adjacent to an activating group) is 1. The molecule has 6 N–H and O–H groups in total. The molecule has 3 aromatic heterocycles. The molecular weight excluding hydrogens is 590 g/mol. The molecule has 0 saturated carbocycles. The number of nitrogens with zero attached hydrogens (tertiary/aromatic N) is 6. The molecule has 5 aromatic rings. The molecule has 0 bridgehead atoms. The summed E-state index contributed by atoms with van der Waals surface area (Å²) in [6.45, 7) is 2.51. The van der Waals surface area contributed by atoms with Crippen LogP contribution in [0.2, 0.25) is 0 Å². The molecule has 4 atom stereocenters. The van der Waals surface area contributed by atoms with Crippen molar-refractivity contribution < 1.29 is 24.6 Å². The highest BCUT2D eigenvalue weighted by Crippen LogP contribution is 2.40. The van der Waals surface area contributed by atoms with Gasteiger partial charge in [0.15, 0.2) is 23.0 Å². The van der Waals surface area contributed by atoms with E-state index in [1.165, 1.54) is 12.7 Å². The lowest BCUT2D eigenvalue weighted by Gasteiger charge is -2.37. The third-order valence-electron chi connectivity index (χ3n) is 8.23. The van der Waals surface area contributed by atoms with Crippen LogP contribution in [0.15, 0.2) is 85.8 Å². The zero-order valence-electron chi connectivity index (χ0n) is 25.5. The topological polar surface area (TPSA) is 187 Å². The Morgan fingerprint density at radius 2 is 1.76 bits per heavy atom. The first-order chi connectivity index (χ1) is 22.2. The first-order valence-electron chi connectivity index (χ1n) is 15.1. The molecule has 0 unspecified atom stereocenters. The molecule has 14 nitrogen and oxygen atoms in total. The minimum absolute atomic E-state index is 0.0201. The van der Waals surface area contributed by atoms with E-state index >= 15 is 0 Å². The molecular formula is C32H37N9O5. The van der Waals surface area contributed by atoms with Crippen molar-refractivity contribution in [2.45, 2.75) is 49.4 Å². The number of aryl methyl sites for hydroxylation is 2. The predicted molar refractivity (Wildman–Crippen MR) is 168 cm³/mol. The number of anilines is 1. The van der Waals surface area contributed by atoms with Crippen LogP contribution in [0.3, 0.4) is 0 Å². The highest BCUT2D eigenvalue weighted by molar-refractivity contribution is 5.83. The van der Waals surface area contributed by atoms with Crippen molar-refractivity contribution in [2.75, 3.05) is 18.4 Å². The van der Waals surface area contributed by atoms with Gasteiger partial charge in [0.2, 0.25) is 5.65 Å². The number of aliphatic hydroxyl groups excluding tert-OH is 1. The van der Waals surface area contributed by atoms with Gasteiger partial charge in [0.1, 0.15) is 18.8 Å². The van der Waals surface area contributed by atoms with Crippen molar-refractivity contribution in [3.05, 3.63) is 103 Å². The summed E-state index contributed by atoms with van der Waals surface area (Å²) in [6, 6.07) is 20.3. The first kappa shape index (κ1) is 31.1. The van der Waals surface area contributed by atoms with Crippen molar-refractivity contribution in [3.8, 4) is 0 Å². The summed E-state index contributed by atoms with van der Waals surface area (Å²) in [5, 5.41) is 29.1. The number of benzene rings is 2. The van der Waals surface area contributed by atoms with E-state index in [-0.39, 0.29) is 31.0 Å². The lowest BCUT2D eigenvalue weighted by molar-refractivity contribution is -0.288. The van der Waals surface area contributed by atoms with Crippen LogP contribution in [-0.2, 0) is 23.0 Å². The maximum Gasteiger partial charge on any atom is 0.323 e. The van der Waals surface area contributed by atoms with Crippen molar-refractivity contribution in [1.82, 2.24) is 34.6 Å². The first-order valence-corrected chi connectivity index (χ1v) is 15.1. The normalized spacial score (nSPS) is 22.7. The highest BCUT2D eigenvalue weighted by Gasteiger charge is 2.68. The summed E-state index contributed by atoms with van der Waals surface area (Å²) in [6.07, 6.45) is 2.93. The van der Waals surface area contributed by atoms with E-state index < -0.39 is 29.6 Å². The fourth-order valence-corrected chi connectivity index (χ4v) is 5.78. The molecule has 6 rings (SSSR count). The van der Waals surface area contributed by atoms with Gasteiger partial charge in [-0.3, -0.25) is 10.5 Å². The largest absolute Gasteiger partial charge is 0.386 e. The summed E-state index contributed by atoms with van der Waals surface area (Å²) < 4.78 is 8.73. The zero-order valence-corrected chi connectivity index (χ0v) is 25.5. The molecule has 1 aliphatic rings. The van der Waals surface area contributed by atoms with E-state index in [9.17, 15) is 15.0 Å². The van der Waals surface area contributed by atoms with Crippen LogP contribution < -0.4 is 21.2 Å². The van der Waals surface area contributed by atoms with Crippen LogP contribution in [0.1, 0.15) is 36.1 Å². The fourth-order valence-electron chi connectivity index (χ4n) is 5.78. The smallest absolute Gasteiger partial charge is 0.323 e. The molecule has 1 aliphatic heterocycles. The maximum absolute atomic E-state index is 12.8. The summed E-state index contributed by atoms with van der Waals surface area (Å²) >= 11 is 0. The number of ether oxygens (including phenoxy) is 1. The minimum Gasteiger partial charge on any atom is -0.386 e. The molecule has 2 aromatic carbocycles. The van der Waals surface area contributed by atoms with Gasteiger partial charge in [-0.25, -0.2) is 19.9 Å². The number of aliphatic hydroxyl groups is 2. The average molecular weight is 628 g/mol. The summed E-state index contributed by atoms with van der Waals surface area (Å²) in [7, 11) is 1.82. The number of nitrogens with two attached hydrogens (primary N) is 1. The molecule has 0 aliphatic carbocycles. The van der Waals surface area contributed by atoms with E-state index in [0.717, 1.165) is 15.9 Å². The monoisotopic (exact) mass is 627 g/mol. The zero-order chi connectivity index (χ0) is 32.3. The third-order valence-corrected chi connectivity index (χ3v) is 8.23. The maximum atomic E-state index is 12.8. The Morgan fingerprint density at radius 1 is 1.07 bits per heavy atom. The fraction of sp³-hybridized carbons (Fsp3) is 0.344. The number of imidazole rings is 2. The number of amides is 1. The van der Waals surface area contributed by atoms with Gasteiger partial charge in [-0.2, -0.15) is 0 Å². The van der Waals surface area contributed by atoms with Gasteiger partial charge in [0.05, 0.1) is 12.0 Å². The number of nitrogens with one attached hydrogen (secondary N) is 2. The van der Waals surface area contributed by atoms with Crippen molar-refractivity contribution in [2.24, 2.45) is 12.8 Å². The Morgan fingerprint density at radius 3 is 2.39 bits per heavy atom. The number of rotatable bonds is 12. The number of fused-ring (bicyclic) bond motifs is 1. The molecule has 46 heavy (non-hydrogen) atoms. The van der Waals surface area contributed by atoms with Crippen molar-refractivity contribution in [3.63, 3.8) is 0 Å². The van der Waals surface area contributed by atoms with Gasteiger partial charge < -0.3 is 35.0 Å².